The Labute approximate surface area is 141 Å². The summed E-state index contributed by atoms with van der Waals surface area (Å²) in [5.74, 6) is -1.14. The van der Waals surface area contributed by atoms with E-state index in [1.165, 1.54) is 18.2 Å². The molecule has 0 aliphatic rings. The molecule has 0 bridgehead atoms. The maximum Gasteiger partial charge on any atom is 0.335 e. The number of aromatic amines is 1. The fourth-order valence-corrected chi connectivity index (χ4v) is 2.57. The first kappa shape index (κ1) is 16.2. The maximum atomic E-state index is 12.6. The van der Waals surface area contributed by atoms with Gasteiger partial charge in [0.2, 0.25) is 0 Å². The minimum absolute atomic E-state index is 0.0182. The molecule has 0 atom stereocenters. The predicted octanol–water partition coefficient (Wildman–Crippen LogP) is 1.50. The Morgan fingerprint density at radius 2 is 1.88 bits per heavy atom. The highest BCUT2D eigenvalue weighted by molar-refractivity contribution is 5.92. The van der Waals surface area contributed by atoms with Crippen LogP contribution in [0.15, 0.2) is 52.1 Å². The number of benzene rings is 2. The molecule has 0 radical (unpaired) electrons. The van der Waals surface area contributed by atoms with Gasteiger partial charge in [0.25, 0.3) is 5.56 Å². The number of aromatic nitrogens is 2. The summed E-state index contributed by atoms with van der Waals surface area (Å²) >= 11 is 0. The number of carboxylic acids is 1. The van der Waals surface area contributed by atoms with Gasteiger partial charge in [-0.15, -0.1) is 0 Å². The van der Waals surface area contributed by atoms with Crippen molar-refractivity contribution in [3.05, 3.63) is 80.0 Å². The number of carboxylic acid groups (broad SMARTS) is 1. The molecule has 3 rings (SSSR count). The molecule has 0 saturated carbocycles. The highest BCUT2D eigenvalue weighted by atomic mass is 16.4. The zero-order valence-corrected chi connectivity index (χ0v) is 13.0. The molecular weight excluding hydrogens is 322 g/mol. The number of hydrogen-bond acceptors (Lipinski definition) is 4. The number of nitriles is 1. The molecule has 7 nitrogen and oxygen atoms in total. The van der Waals surface area contributed by atoms with Gasteiger partial charge < -0.3 is 10.1 Å². The summed E-state index contributed by atoms with van der Waals surface area (Å²) in [4.78, 5) is 38.4. The molecule has 124 valence electrons. The first-order valence-electron chi connectivity index (χ1n) is 7.49. The van der Waals surface area contributed by atoms with Crippen molar-refractivity contribution in [3.8, 4) is 6.07 Å². The van der Waals surface area contributed by atoms with Gasteiger partial charge in [-0.1, -0.05) is 12.1 Å². The molecule has 0 amide bonds. The SMILES string of the molecule is N#Cc1ccc(CCn2c(=O)[nH]c3ccc(C(=O)O)cc3c2=O)cc1. The Morgan fingerprint density at radius 3 is 2.52 bits per heavy atom. The standard InChI is InChI=1S/C18H13N3O4/c19-10-12-3-1-11(2-4-12)7-8-21-16(22)14-9-13(17(23)24)5-6-15(14)20-18(21)25/h1-6,9H,7-8H2,(H,20,25)(H,23,24). The van der Waals surface area contributed by atoms with Gasteiger partial charge in [0, 0.05) is 6.54 Å². The summed E-state index contributed by atoms with van der Waals surface area (Å²) in [6.07, 6.45) is 0.429. The van der Waals surface area contributed by atoms with Crippen molar-refractivity contribution >= 4 is 16.9 Å². The van der Waals surface area contributed by atoms with Crippen LogP contribution in [-0.2, 0) is 13.0 Å². The van der Waals surface area contributed by atoms with Crippen molar-refractivity contribution in [1.82, 2.24) is 9.55 Å². The molecule has 1 heterocycles. The van der Waals surface area contributed by atoms with E-state index >= 15 is 0 Å². The van der Waals surface area contributed by atoms with Crippen LogP contribution in [0.25, 0.3) is 10.9 Å². The molecule has 0 saturated heterocycles. The van der Waals surface area contributed by atoms with E-state index in [1.54, 1.807) is 24.3 Å². The summed E-state index contributed by atoms with van der Waals surface area (Å²) < 4.78 is 1.05. The molecule has 1 aromatic heterocycles. The van der Waals surface area contributed by atoms with E-state index in [0.717, 1.165) is 10.1 Å². The number of hydrogen-bond donors (Lipinski definition) is 2. The third-order valence-electron chi connectivity index (χ3n) is 3.94. The number of aromatic carboxylic acids is 1. The average molecular weight is 335 g/mol. The fourth-order valence-electron chi connectivity index (χ4n) is 2.57. The van der Waals surface area contributed by atoms with E-state index in [9.17, 15) is 14.4 Å². The topological polar surface area (TPSA) is 116 Å². The van der Waals surface area contributed by atoms with Crippen molar-refractivity contribution < 1.29 is 9.90 Å². The molecule has 0 spiro atoms. The zero-order chi connectivity index (χ0) is 18.0. The van der Waals surface area contributed by atoms with Crippen LogP contribution in [0, 0.1) is 11.3 Å². The van der Waals surface area contributed by atoms with Crippen LogP contribution in [0.5, 0.6) is 0 Å². The van der Waals surface area contributed by atoms with Gasteiger partial charge in [0.05, 0.1) is 28.1 Å². The number of carbonyl (C=O) groups is 1. The van der Waals surface area contributed by atoms with Crippen LogP contribution >= 0.6 is 0 Å². The number of rotatable bonds is 4. The lowest BCUT2D eigenvalue weighted by atomic mass is 10.1. The van der Waals surface area contributed by atoms with Crippen molar-refractivity contribution in [2.24, 2.45) is 0 Å². The van der Waals surface area contributed by atoms with E-state index in [4.69, 9.17) is 10.4 Å². The van der Waals surface area contributed by atoms with Gasteiger partial charge in [0.1, 0.15) is 0 Å². The highest BCUT2D eigenvalue weighted by Crippen LogP contribution is 2.09. The van der Waals surface area contributed by atoms with Crippen LogP contribution < -0.4 is 11.2 Å². The zero-order valence-electron chi connectivity index (χ0n) is 13.0. The van der Waals surface area contributed by atoms with Crippen molar-refractivity contribution in [2.45, 2.75) is 13.0 Å². The fraction of sp³-hybridized carbons (Fsp3) is 0.111. The molecule has 0 aliphatic carbocycles. The number of H-pyrrole nitrogens is 1. The number of fused-ring (bicyclic) bond motifs is 1. The largest absolute Gasteiger partial charge is 0.478 e. The molecule has 0 unspecified atom stereocenters. The normalized spacial score (nSPS) is 10.5. The first-order valence-corrected chi connectivity index (χ1v) is 7.49. The van der Waals surface area contributed by atoms with E-state index in [0.29, 0.717) is 17.5 Å². The minimum Gasteiger partial charge on any atom is -0.478 e. The summed E-state index contributed by atoms with van der Waals surface area (Å²) in [7, 11) is 0. The van der Waals surface area contributed by atoms with Crippen LogP contribution in [0.4, 0.5) is 0 Å². The van der Waals surface area contributed by atoms with Crippen molar-refractivity contribution in [3.63, 3.8) is 0 Å². The second-order valence-corrected chi connectivity index (χ2v) is 5.51. The van der Waals surface area contributed by atoms with E-state index in [-0.39, 0.29) is 17.5 Å². The quantitative estimate of drug-likeness (QED) is 0.749. The molecule has 2 N–H and O–H groups in total. The summed E-state index contributed by atoms with van der Waals surface area (Å²) in [6, 6.07) is 12.9. The molecular formula is C18H13N3O4. The van der Waals surface area contributed by atoms with E-state index in [1.807, 2.05) is 6.07 Å². The molecule has 2 aromatic carbocycles. The molecule has 0 fully saturated rings. The molecule has 25 heavy (non-hydrogen) atoms. The van der Waals surface area contributed by atoms with Crippen molar-refractivity contribution in [1.29, 1.82) is 5.26 Å². The molecule has 3 aromatic rings. The van der Waals surface area contributed by atoms with Gasteiger partial charge in [-0.2, -0.15) is 5.26 Å². The molecule has 7 heteroatoms. The van der Waals surface area contributed by atoms with Gasteiger partial charge in [0.15, 0.2) is 0 Å². The second-order valence-electron chi connectivity index (χ2n) is 5.51. The van der Waals surface area contributed by atoms with Gasteiger partial charge in [-0.05, 0) is 42.3 Å². The Morgan fingerprint density at radius 1 is 1.16 bits per heavy atom. The van der Waals surface area contributed by atoms with Crippen LogP contribution in [0.3, 0.4) is 0 Å². The third-order valence-corrected chi connectivity index (χ3v) is 3.94. The third kappa shape index (κ3) is 3.19. The van der Waals surface area contributed by atoms with Crippen LogP contribution in [-0.4, -0.2) is 20.6 Å². The lowest BCUT2D eigenvalue weighted by Crippen LogP contribution is -2.35. The predicted molar refractivity (Wildman–Crippen MR) is 90.6 cm³/mol. The first-order chi connectivity index (χ1) is 12.0. The Kier molecular flexibility index (Phi) is 4.18. The maximum absolute atomic E-state index is 12.6. The Bertz CT molecular complexity index is 1120. The summed E-state index contributed by atoms with van der Waals surface area (Å²) in [5, 5.41) is 18.0. The highest BCUT2D eigenvalue weighted by Gasteiger charge is 2.11. The summed E-state index contributed by atoms with van der Waals surface area (Å²) in [5.41, 5.74) is 0.616. The summed E-state index contributed by atoms with van der Waals surface area (Å²) in [6.45, 7) is 0.146. The van der Waals surface area contributed by atoms with E-state index in [2.05, 4.69) is 4.98 Å². The van der Waals surface area contributed by atoms with Gasteiger partial charge >= 0.3 is 11.7 Å². The average Bonchev–Trinajstić information content (AvgIpc) is 2.61. The Hall–Kier alpha value is -3.66. The number of nitrogens with one attached hydrogen (secondary N) is 1. The van der Waals surface area contributed by atoms with Crippen molar-refractivity contribution in [2.75, 3.05) is 0 Å². The Balaban J connectivity index is 1.97. The monoisotopic (exact) mass is 335 g/mol. The number of aryl methyl sites for hydroxylation is 1. The number of nitrogens with zero attached hydrogens (tertiary/aromatic N) is 2. The van der Waals surface area contributed by atoms with Crippen LogP contribution in [0.2, 0.25) is 0 Å². The van der Waals surface area contributed by atoms with Gasteiger partial charge in [-0.3, -0.25) is 9.36 Å². The lowest BCUT2D eigenvalue weighted by Gasteiger charge is -2.07. The van der Waals surface area contributed by atoms with Crippen LogP contribution in [0.1, 0.15) is 21.5 Å². The minimum atomic E-state index is -1.14. The van der Waals surface area contributed by atoms with E-state index < -0.39 is 17.2 Å². The smallest absolute Gasteiger partial charge is 0.335 e. The van der Waals surface area contributed by atoms with Gasteiger partial charge in [-0.25, -0.2) is 9.59 Å². The molecule has 0 aliphatic heterocycles. The second kappa shape index (κ2) is 6.45. The lowest BCUT2D eigenvalue weighted by molar-refractivity contribution is 0.0697.